The summed E-state index contributed by atoms with van der Waals surface area (Å²) in [4.78, 5) is 0. The van der Waals surface area contributed by atoms with Gasteiger partial charge >= 0.3 is 37.9 Å². The molecule has 1 fully saturated rings. The average molecular weight is 825 g/mol. The number of halogens is 2. The molecule has 0 bridgehead atoms. The van der Waals surface area contributed by atoms with E-state index < -0.39 is 20.8 Å². The van der Waals surface area contributed by atoms with Crippen LogP contribution in [0.15, 0.2) is 109 Å². The number of aryl methyl sites for hydroxylation is 1. The van der Waals surface area contributed by atoms with Gasteiger partial charge in [0.2, 0.25) is 0 Å². The Morgan fingerprint density at radius 3 is 1.65 bits per heavy atom. The number of hydrogen-bond donors (Lipinski definition) is 0. The molecular formula is C48H58Cl2SiZr. The van der Waals surface area contributed by atoms with Crippen molar-refractivity contribution in [1.82, 2.24) is 0 Å². The quantitative estimate of drug-likeness (QED) is 0.111. The molecule has 1 aliphatic rings. The summed E-state index contributed by atoms with van der Waals surface area (Å²) in [6, 6.07) is 41.2. The van der Waals surface area contributed by atoms with Crippen LogP contribution in [0.5, 0.6) is 0 Å². The first-order valence-electron chi connectivity index (χ1n) is 19.3. The molecule has 2 radical (unpaired) electrons. The standard InChI is InChI=1S/C25H29.C21H23.C2H6Si.2ClH.Zr/c1-17(2)19-11-13-21(14-12-19)24-6-4-5-22-15-23(16-25(22)24)20-9-7-18(3)8-10-20;1-4-15(3)17-9-11-18(12-10-17)20-8-6-7-19-13-16(5-2)14-21(19)20;1-3-2;;;/h4-6,11-18,20H,7-10H2,1-3H3;6-15H,4-5H2,1-3H3;1-2H3;2*1H;/q2*-1;;;;+4/p-2. The van der Waals surface area contributed by atoms with Gasteiger partial charge in [-0.2, -0.15) is 12.1 Å². The van der Waals surface area contributed by atoms with Crippen LogP contribution < -0.4 is 0 Å². The van der Waals surface area contributed by atoms with Gasteiger partial charge in [-0.1, -0.05) is 139 Å². The Bertz CT molecular complexity index is 1900. The van der Waals surface area contributed by atoms with Crippen LogP contribution in [-0.4, -0.2) is 9.52 Å². The Kier molecular flexibility index (Phi) is 17.7. The predicted molar refractivity (Wildman–Crippen MR) is 232 cm³/mol. The average Bonchev–Trinajstić information content (AvgIpc) is 3.81. The molecule has 0 saturated heterocycles. The number of rotatable bonds is 7. The second-order valence-corrected chi connectivity index (χ2v) is 19.6. The molecule has 4 heteroatoms. The summed E-state index contributed by atoms with van der Waals surface area (Å²) in [7, 11) is 11.0. The fourth-order valence-corrected chi connectivity index (χ4v) is 7.37. The van der Waals surface area contributed by atoms with Gasteiger partial charge in [-0.05, 0) is 71.6 Å². The van der Waals surface area contributed by atoms with Gasteiger partial charge in [0, 0.05) is 9.52 Å². The van der Waals surface area contributed by atoms with E-state index in [2.05, 4.69) is 164 Å². The van der Waals surface area contributed by atoms with Gasteiger partial charge in [-0.3, -0.25) is 0 Å². The molecule has 0 N–H and O–H groups in total. The number of fused-ring (bicyclic) bond motifs is 2. The Labute approximate surface area is 337 Å². The van der Waals surface area contributed by atoms with Crippen molar-refractivity contribution in [3.63, 3.8) is 0 Å². The van der Waals surface area contributed by atoms with Crippen LogP contribution in [0.1, 0.15) is 114 Å². The molecule has 0 spiro atoms. The third-order valence-electron chi connectivity index (χ3n) is 10.8. The Hall–Kier alpha value is -2.22. The predicted octanol–water partition coefficient (Wildman–Crippen LogP) is 16.1. The van der Waals surface area contributed by atoms with E-state index in [0.29, 0.717) is 11.8 Å². The fourth-order valence-electron chi connectivity index (χ4n) is 7.37. The summed E-state index contributed by atoms with van der Waals surface area (Å²) >= 11 is -0.826. The molecule has 0 heterocycles. The third-order valence-corrected chi connectivity index (χ3v) is 10.8. The number of benzene rings is 4. The van der Waals surface area contributed by atoms with Crippen LogP contribution in [0.3, 0.4) is 0 Å². The zero-order chi connectivity index (χ0) is 37.6. The van der Waals surface area contributed by atoms with Crippen molar-refractivity contribution in [2.75, 3.05) is 0 Å². The normalized spacial score (nSPS) is 15.8. The van der Waals surface area contributed by atoms with E-state index in [0.717, 1.165) is 27.8 Å². The Morgan fingerprint density at radius 2 is 1.17 bits per heavy atom. The van der Waals surface area contributed by atoms with Crippen molar-refractivity contribution in [1.29, 1.82) is 0 Å². The van der Waals surface area contributed by atoms with Crippen LogP contribution in [0, 0.1) is 5.92 Å². The first kappa shape index (κ1) is 42.5. The number of hydrogen-bond acceptors (Lipinski definition) is 0. The Morgan fingerprint density at radius 1 is 0.692 bits per heavy atom. The van der Waals surface area contributed by atoms with Crippen molar-refractivity contribution >= 4 is 48.1 Å². The zero-order valence-electron chi connectivity index (χ0n) is 32.7. The molecule has 1 aliphatic carbocycles. The summed E-state index contributed by atoms with van der Waals surface area (Å²) in [5, 5.41) is 5.56. The van der Waals surface area contributed by atoms with Crippen molar-refractivity contribution in [2.24, 2.45) is 5.92 Å². The molecule has 7 rings (SSSR count). The monoisotopic (exact) mass is 822 g/mol. The molecule has 52 heavy (non-hydrogen) atoms. The fraction of sp³-hybridized carbons (Fsp3) is 0.375. The maximum atomic E-state index is 4.93. The second-order valence-electron chi connectivity index (χ2n) is 14.9. The second kappa shape index (κ2) is 21.6. The molecule has 0 amide bonds. The van der Waals surface area contributed by atoms with Gasteiger partial charge in [0.1, 0.15) is 0 Å². The first-order chi connectivity index (χ1) is 25.2. The van der Waals surface area contributed by atoms with Crippen LogP contribution in [0.4, 0.5) is 0 Å². The van der Waals surface area contributed by atoms with Crippen molar-refractivity contribution < 1.29 is 20.8 Å². The summed E-state index contributed by atoms with van der Waals surface area (Å²) in [6.45, 7) is 18.0. The van der Waals surface area contributed by atoms with E-state index in [1.165, 1.54) is 92.6 Å². The van der Waals surface area contributed by atoms with Crippen molar-refractivity contribution in [3.05, 3.63) is 131 Å². The van der Waals surface area contributed by atoms with E-state index in [-0.39, 0.29) is 0 Å². The molecule has 1 unspecified atom stereocenters. The third kappa shape index (κ3) is 11.4. The van der Waals surface area contributed by atoms with Gasteiger partial charge in [-0.15, -0.1) is 69.1 Å². The molecule has 6 aromatic carbocycles. The molecule has 272 valence electrons. The van der Waals surface area contributed by atoms with Crippen LogP contribution in [0.2, 0.25) is 13.1 Å². The maximum absolute atomic E-state index is 4.93. The van der Waals surface area contributed by atoms with Gasteiger partial charge < -0.3 is 0 Å². The van der Waals surface area contributed by atoms with Crippen molar-refractivity contribution in [3.8, 4) is 22.3 Å². The summed E-state index contributed by atoms with van der Waals surface area (Å²) in [5.74, 6) is 2.90. The van der Waals surface area contributed by atoms with Crippen LogP contribution in [-0.2, 0) is 27.3 Å². The van der Waals surface area contributed by atoms with Gasteiger partial charge in [0.25, 0.3) is 0 Å². The molecule has 1 atom stereocenters. The van der Waals surface area contributed by atoms with Crippen LogP contribution in [0.25, 0.3) is 43.8 Å². The Balaban J connectivity index is 0.000000205. The molecule has 1 saturated carbocycles. The zero-order valence-corrected chi connectivity index (χ0v) is 37.7. The molecule has 6 aromatic rings. The van der Waals surface area contributed by atoms with Gasteiger partial charge in [0.05, 0.1) is 0 Å². The van der Waals surface area contributed by atoms with E-state index in [4.69, 9.17) is 17.0 Å². The minimum absolute atomic E-state index is 0.587. The molecule has 0 aliphatic heterocycles. The summed E-state index contributed by atoms with van der Waals surface area (Å²) in [5.41, 5.74) is 11.2. The first-order valence-corrected chi connectivity index (χ1v) is 27.6. The minimum atomic E-state index is -0.826. The SMILES string of the molecule is CC1CCC(c2cc3c(-c4ccc(C(C)C)cc4)cccc3[cH-]2)CC1.CCc1cc2c(-c3ccc(C(C)CC)cc3)cccc2[cH-]1.C[Si]C.[Cl][Zr+2][Cl]. The van der Waals surface area contributed by atoms with Gasteiger partial charge in [0.15, 0.2) is 0 Å². The van der Waals surface area contributed by atoms with Gasteiger partial charge in [-0.25, -0.2) is 0 Å². The van der Waals surface area contributed by atoms with Crippen molar-refractivity contribution in [2.45, 2.75) is 111 Å². The van der Waals surface area contributed by atoms with Crippen LogP contribution >= 0.6 is 17.0 Å². The summed E-state index contributed by atoms with van der Waals surface area (Å²) in [6.07, 6.45) is 7.77. The molecular weight excluding hydrogens is 767 g/mol. The molecule has 0 nitrogen and oxygen atoms in total. The van der Waals surface area contributed by atoms with E-state index in [9.17, 15) is 0 Å². The summed E-state index contributed by atoms with van der Waals surface area (Å²) < 4.78 is 0. The van der Waals surface area contributed by atoms with E-state index >= 15 is 0 Å². The molecule has 0 aromatic heterocycles. The topological polar surface area (TPSA) is 0 Å². The van der Waals surface area contributed by atoms with E-state index in [1.54, 1.807) is 5.56 Å². The van der Waals surface area contributed by atoms with E-state index in [1.807, 2.05) is 0 Å².